The quantitative estimate of drug-likeness (QED) is 0.303. The maximum absolute atomic E-state index is 12.9. The highest BCUT2D eigenvalue weighted by molar-refractivity contribution is 6.25. The number of esters is 1. The van der Waals surface area contributed by atoms with Crippen molar-refractivity contribution < 1.29 is 19.1 Å². The van der Waals surface area contributed by atoms with Crippen LogP contribution in [0, 0.1) is 11.8 Å². The summed E-state index contributed by atoms with van der Waals surface area (Å²) in [6.45, 7) is 7.50. The number of hydrogen-bond donors (Lipinski definition) is 2. The van der Waals surface area contributed by atoms with E-state index in [-0.39, 0.29) is 17.6 Å². The second-order valence-corrected chi connectivity index (χ2v) is 8.49. The first-order valence-electron chi connectivity index (χ1n) is 10.8. The summed E-state index contributed by atoms with van der Waals surface area (Å²) in [5.41, 5.74) is 5.52. The first-order valence-corrected chi connectivity index (χ1v) is 10.8. The number of likely N-dealkylation sites (tertiary alicyclic amines) is 1. The van der Waals surface area contributed by atoms with E-state index in [1.54, 1.807) is 4.90 Å². The lowest BCUT2D eigenvalue weighted by atomic mass is 9.84. The van der Waals surface area contributed by atoms with Crippen molar-refractivity contribution in [1.82, 2.24) is 10.2 Å². The molecule has 164 valence electrons. The molecule has 4 atom stereocenters. The fraction of sp³-hybridized carbons (Fsp3) is 0.762. The smallest absolute Gasteiger partial charge is 0.328 e. The van der Waals surface area contributed by atoms with E-state index in [1.165, 1.54) is 7.11 Å². The minimum atomic E-state index is -0.734. The Bertz CT molecular complexity index is 582. The number of rotatable bonds is 11. The summed E-state index contributed by atoms with van der Waals surface area (Å²) >= 11 is 0. The van der Waals surface area contributed by atoms with Crippen LogP contribution in [-0.4, -0.2) is 62.8 Å². The maximum atomic E-state index is 12.9. The Kier molecular flexibility index (Phi) is 11.0. The van der Waals surface area contributed by atoms with Gasteiger partial charge in [0.15, 0.2) is 0 Å². The number of amides is 2. The molecule has 29 heavy (non-hydrogen) atoms. The number of ether oxygens (including phenoxy) is 1. The molecule has 1 saturated heterocycles. The zero-order chi connectivity index (χ0) is 22.0. The van der Waals surface area contributed by atoms with Crippen LogP contribution >= 0.6 is 0 Å². The predicted molar refractivity (Wildman–Crippen MR) is 117 cm³/mol. The lowest BCUT2D eigenvalue weighted by Crippen LogP contribution is -2.51. The zero-order valence-electron chi connectivity index (χ0n) is 18.6. The van der Waals surface area contributed by atoms with Gasteiger partial charge in [-0.25, -0.2) is 4.79 Å². The van der Waals surface area contributed by atoms with E-state index in [9.17, 15) is 14.4 Å². The summed E-state index contributed by atoms with van der Waals surface area (Å²) < 4.78 is 4.78. The van der Waals surface area contributed by atoms with Crippen LogP contribution in [0.1, 0.15) is 52.9 Å². The van der Waals surface area contributed by atoms with Crippen LogP contribution in [-0.2, 0) is 19.1 Å². The largest absolute Gasteiger partial charge is 0.467 e. The molecule has 0 bridgehead atoms. The van der Waals surface area contributed by atoms with Gasteiger partial charge in [0.25, 0.3) is 0 Å². The monoisotopic (exact) mass is 407 g/mol. The van der Waals surface area contributed by atoms with Gasteiger partial charge in [-0.3, -0.25) is 9.59 Å². The normalized spacial score (nSPS) is 19.9. The molecule has 3 N–H and O–H groups in total. The predicted octanol–water partition coefficient (Wildman–Crippen LogP) is 1.03. The van der Waals surface area contributed by atoms with E-state index in [1.807, 2.05) is 13.9 Å². The average molecular weight is 407 g/mol. The molecule has 0 spiro atoms. The lowest BCUT2D eigenvalue weighted by molar-refractivity contribution is -0.146. The molecule has 0 aromatic rings. The van der Waals surface area contributed by atoms with Gasteiger partial charge >= 0.3 is 5.97 Å². The Hall–Kier alpha value is -1.83. The third-order valence-corrected chi connectivity index (χ3v) is 5.30. The van der Waals surface area contributed by atoms with Gasteiger partial charge in [0.1, 0.15) is 19.9 Å². The Labute approximate surface area is 176 Å². The van der Waals surface area contributed by atoms with Crippen LogP contribution in [0.2, 0.25) is 5.82 Å². The molecule has 2 amide bonds. The summed E-state index contributed by atoms with van der Waals surface area (Å²) in [5.74, 6) is -0.106. The van der Waals surface area contributed by atoms with Crippen LogP contribution in [0.15, 0.2) is 12.2 Å². The molecule has 7 nitrogen and oxygen atoms in total. The molecule has 0 aromatic carbocycles. The van der Waals surface area contributed by atoms with Crippen LogP contribution in [0.3, 0.4) is 0 Å². The van der Waals surface area contributed by atoms with Gasteiger partial charge < -0.3 is 20.7 Å². The van der Waals surface area contributed by atoms with Crippen molar-refractivity contribution >= 4 is 25.6 Å². The second kappa shape index (κ2) is 12.7. The van der Waals surface area contributed by atoms with E-state index < -0.39 is 18.1 Å². The molecule has 1 unspecified atom stereocenters. The van der Waals surface area contributed by atoms with E-state index >= 15 is 0 Å². The third-order valence-electron chi connectivity index (χ3n) is 5.30. The SMILES string of the molecule is B[C@@H](/C=C/C(C)CC(C)C)C(=O)N1CCC[C@H]1C(=O)N[C@@H](CCCN)C(=O)OC. The highest BCUT2D eigenvalue weighted by Gasteiger charge is 2.36. The van der Waals surface area contributed by atoms with Crippen molar-refractivity contribution in [2.45, 2.75) is 70.8 Å². The van der Waals surface area contributed by atoms with Crippen molar-refractivity contribution in [2.24, 2.45) is 17.6 Å². The van der Waals surface area contributed by atoms with Gasteiger partial charge in [-0.1, -0.05) is 32.9 Å². The summed E-state index contributed by atoms with van der Waals surface area (Å²) in [5, 5.41) is 2.76. The Morgan fingerprint density at radius 2 is 1.97 bits per heavy atom. The van der Waals surface area contributed by atoms with Gasteiger partial charge in [-0.2, -0.15) is 0 Å². The molecule has 1 rings (SSSR count). The minimum Gasteiger partial charge on any atom is -0.467 e. The Balaban J connectivity index is 2.74. The van der Waals surface area contributed by atoms with E-state index in [2.05, 4.69) is 32.2 Å². The highest BCUT2D eigenvalue weighted by Crippen LogP contribution is 2.23. The number of carbonyl (C=O) groups excluding carboxylic acids is 3. The van der Waals surface area contributed by atoms with Crippen molar-refractivity contribution in [3.05, 3.63) is 12.2 Å². The first-order chi connectivity index (χ1) is 13.7. The van der Waals surface area contributed by atoms with Crippen LogP contribution in [0.4, 0.5) is 0 Å². The van der Waals surface area contributed by atoms with Crippen LogP contribution < -0.4 is 11.1 Å². The zero-order valence-corrected chi connectivity index (χ0v) is 18.6. The summed E-state index contributed by atoms with van der Waals surface area (Å²) in [4.78, 5) is 39.3. The summed E-state index contributed by atoms with van der Waals surface area (Å²) in [6, 6.07) is -1.28. The molecule has 0 aliphatic carbocycles. The molecule has 0 aromatic heterocycles. The van der Waals surface area contributed by atoms with Gasteiger partial charge in [0.2, 0.25) is 11.8 Å². The fourth-order valence-corrected chi connectivity index (χ4v) is 3.81. The second-order valence-electron chi connectivity index (χ2n) is 8.49. The molecule has 1 fully saturated rings. The Morgan fingerprint density at radius 3 is 2.55 bits per heavy atom. The highest BCUT2D eigenvalue weighted by atomic mass is 16.5. The third kappa shape index (κ3) is 8.21. The maximum Gasteiger partial charge on any atom is 0.328 e. The van der Waals surface area contributed by atoms with E-state index in [0.29, 0.717) is 44.2 Å². The van der Waals surface area contributed by atoms with Gasteiger partial charge in [0.05, 0.1) is 7.11 Å². The van der Waals surface area contributed by atoms with Crippen molar-refractivity contribution in [3.8, 4) is 0 Å². The fourth-order valence-electron chi connectivity index (χ4n) is 3.81. The molecule has 8 heteroatoms. The first kappa shape index (κ1) is 25.2. The molecular formula is C21H38BN3O4. The number of nitrogens with two attached hydrogens (primary N) is 1. The van der Waals surface area contributed by atoms with Crippen molar-refractivity contribution in [2.75, 3.05) is 20.2 Å². The number of methoxy groups -OCH3 is 1. The van der Waals surface area contributed by atoms with Crippen LogP contribution in [0.5, 0.6) is 0 Å². The van der Waals surface area contributed by atoms with Crippen LogP contribution in [0.25, 0.3) is 0 Å². The standard InChI is InChI=1S/C21H38BN3O4/c1-14(2)13-15(3)9-10-16(22)20(27)25-12-6-8-18(25)19(26)24-17(7-5-11-23)21(28)29-4/h9-10,14-18H,5-8,11-13,22-23H2,1-4H3,(H,24,26)/b10-9+/t15?,16-,17-,18-/m0/s1. The number of hydrogen-bond acceptors (Lipinski definition) is 5. The summed E-state index contributed by atoms with van der Waals surface area (Å²) in [6.07, 6.45) is 7.50. The molecule has 1 aliphatic rings. The molecule has 1 heterocycles. The van der Waals surface area contributed by atoms with E-state index in [0.717, 1.165) is 12.8 Å². The molecular weight excluding hydrogens is 369 g/mol. The number of carbonyl (C=O) groups is 3. The van der Waals surface area contributed by atoms with Gasteiger partial charge in [-0.15, -0.1) is 0 Å². The van der Waals surface area contributed by atoms with Crippen molar-refractivity contribution in [3.63, 3.8) is 0 Å². The molecule has 0 radical (unpaired) electrons. The topological polar surface area (TPSA) is 102 Å². The number of allylic oxidation sites excluding steroid dienone is 1. The van der Waals surface area contributed by atoms with Gasteiger partial charge in [-0.05, 0) is 50.5 Å². The summed E-state index contributed by atoms with van der Waals surface area (Å²) in [7, 11) is 3.16. The number of nitrogens with zero attached hydrogens (tertiary/aromatic N) is 1. The molecule has 1 aliphatic heterocycles. The van der Waals surface area contributed by atoms with E-state index in [4.69, 9.17) is 10.5 Å². The molecule has 0 saturated carbocycles. The Morgan fingerprint density at radius 1 is 1.28 bits per heavy atom. The van der Waals surface area contributed by atoms with Gasteiger partial charge in [0, 0.05) is 12.4 Å². The van der Waals surface area contributed by atoms with Crippen molar-refractivity contribution in [1.29, 1.82) is 0 Å². The average Bonchev–Trinajstić information content (AvgIpc) is 3.17. The number of nitrogens with one attached hydrogen (secondary N) is 1. The minimum absolute atomic E-state index is 0.0489. The lowest BCUT2D eigenvalue weighted by Gasteiger charge is -2.27.